The smallest absolute Gasteiger partial charge is 0.158 e. The number of nitrogens with two attached hydrogens (primary N) is 1. The number of aromatic nitrogens is 3. The van der Waals surface area contributed by atoms with Gasteiger partial charge in [0.05, 0.1) is 0 Å². The van der Waals surface area contributed by atoms with Crippen molar-refractivity contribution >= 4 is 0 Å². The molecule has 0 atom stereocenters. The second-order valence-electron chi connectivity index (χ2n) is 4.46. The maximum atomic E-state index is 5.52. The van der Waals surface area contributed by atoms with E-state index in [-0.39, 0.29) is 0 Å². The van der Waals surface area contributed by atoms with Crippen molar-refractivity contribution in [2.75, 3.05) is 6.54 Å². The van der Waals surface area contributed by atoms with Gasteiger partial charge < -0.3 is 5.73 Å². The van der Waals surface area contributed by atoms with Crippen LogP contribution in [0.2, 0.25) is 0 Å². The van der Waals surface area contributed by atoms with E-state index in [2.05, 4.69) is 41.3 Å². The van der Waals surface area contributed by atoms with Gasteiger partial charge in [0, 0.05) is 19.0 Å². The van der Waals surface area contributed by atoms with Crippen molar-refractivity contribution in [3.63, 3.8) is 0 Å². The zero-order valence-electron chi connectivity index (χ0n) is 11.1. The van der Waals surface area contributed by atoms with E-state index in [4.69, 9.17) is 5.73 Å². The minimum absolute atomic E-state index is 0.582. The van der Waals surface area contributed by atoms with Crippen molar-refractivity contribution in [2.45, 2.75) is 26.2 Å². The Bertz CT molecular complexity index is 499. The van der Waals surface area contributed by atoms with E-state index in [0.717, 1.165) is 30.1 Å². The molecule has 0 spiro atoms. The third kappa shape index (κ3) is 2.76. The van der Waals surface area contributed by atoms with Crippen molar-refractivity contribution in [1.29, 1.82) is 0 Å². The summed E-state index contributed by atoms with van der Waals surface area (Å²) in [5.41, 5.74) is 7.99. The van der Waals surface area contributed by atoms with Crippen LogP contribution in [0, 0.1) is 0 Å². The molecule has 0 fully saturated rings. The quantitative estimate of drug-likeness (QED) is 0.874. The van der Waals surface area contributed by atoms with Gasteiger partial charge in [-0.25, -0.2) is 9.67 Å². The van der Waals surface area contributed by atoms with Crippen LogP contribution >= 0.6 is 0 Å². The largest absolute Gasteiger partial charge is 0.330 e. The van der Waals surface area contributed by atoms with Crippen LogP contribution in [0.1, 0.15) is 24.7 Å². The van der Waals surface area contributed by atoms with E-state index in [9.17, 15) is 0 Å². The number of hydrogen-bond acceptors (Lipinski definition) is 3. The lowest BCUT2D eigenvalue weighted by Gasteiger charge is -2.02. The Labute approximate surface area is 108 Å². The van der Waals surface area contributed by atoms with Gasteiger partial charge in [-0.3, -0.25) is 0 Å². The lowest BCUT2D eigenvalue weighted by atomic mass is 10.1. The summed E-state index contributed by atoms with van der Waals surface area (Å²) in [4.78, 5) is 4.52. The van der Waals surface area contributed by atoms with Gasteiger partial charge in [0.25, 0.3) is 0 Å². The van der Waals surface area contributed by atoms with Gasteiger partial charge in [-0.2, -0.15) is 5.10 Å². The Morgan fingerprint density at radius 2 is 1.89 bits per heavy atom. The minimum atomic E-state index is 0.582. The molecule has 1 heterocycles. The van der Waals surface area contributed by atoms with Gasteiger partial charge in [-0.1, -0.05) is 37.6 Å². The van der Waals surface area contributed by atoms with E-state index in [1.165, 1.54) is 12.0 Å². The van der Waals surface area contributed by atoms with E-state index in [1.807, 2.05) is 11.7 Å². The Balaban J connectivity index is 2.24. The van der Waals surface area contributed by atoms with E-state index in [1.54, 1.807) is 0 Å². The van der Waals surface area contributed by atoms with E-state index < -0.39 is 0 Å². The number of aryl methyl sites for hydroxylation is 2. The molecule has 0 radical (unpaired) electrons. The third-order valence-corrected chi connectivity index (χ3v) is 2.93. The predicted octanol–water partition coefficient (Wildman–Crippen LogP) is 1.94. The topological polar surface area (TPSA) is 56.7 Å². The third-order valence-electron chi connectivity index (χ3n) is 2.93. The molecule has 0 saturated carbocycles. The van der Waals surface area contributed by atoms with Crippen molar-refractivity contribution in [3.05, 3.63) is 35.7 Å². The monoisotopic (exact) mass is 244 g/mol. The molecule has 2 aromatic rings. The fourth-order valence-corrected chi connectivity index (χ4v) is 2.03. The fourth-order valence-electron chi connectivity index (χ4n) is 2.03. The molecule has 0 bridgehead atoms. The molecule has 0 amide bonds. The highest BCUT2D eigenvalue weighted by molar-refractivity contribution is 5.55. The maximum absolute atomic E-state index is 5.52. The van der Waals surface area contributed by atoms with Crippen LogP contribution in [0.4, 0.5) is 0 Å². The lowest BCUT2D eigenvalue weighted by Crippen LogP contribution is -2.04. The van der Waals surface area contributed by atoms with E-state index >= 15 is 0 Å². The summed E-state index contributed by atoms with van der Waals surface area (Å²) < 4.78 is 1.82. The Morgan fingerprint density at radius 1 is 1.17 bits per heavy atom. The van der Waals surface area contributed by atoms with Crippen LogP contribution in [-0.4, -0.2) is 21.3 Å². The zero-order chi connectivity index (χ0) is 13.0. The summed E-state index contributed by atoms with van der Waals surface area (Å²) in [5.74, 6) is 1.72. The summed E-state index contributed by atoms with van der Waals surface area (Å²) >= 11 is 0. The average molecular weight is 244 g/mol. The second kappa shape index (κ2) is 5.78. The first-order valence-corrected chi connectivity index (χ1v) is 6.44. The summed E-state index contributed by atoms with van der Waals surface area (Å²) in [6.45, 7) is 2.77. The van der Waals surface area contributed by atoms with Crippen molar-refractivity contribution in [2.24, 2.45) is 12.8 Å². The zero-order valence-corrected chi connectivity index (χ0v) is 11.1. The highest BCUT2D eigenvalue weighted by Gasteiger charge is 2.08. The fraction of sp³-hybridized carbons (Fsp3) is 0.429. The van der Waals surface area contributed by atoms with Crippen LogP contribution in [-0.2, 0) is 19.9 Å². The Hall–Kier alpha value is -1.68. The molecular formula is C14H20N4. The second-order valence-corrected chi connectivity index (χ2v) is 4.46. The van der Waals surface area contributed by atoms with Gasteiger partial charge in [-0.15, -0.1) is 0 Å². The first-order valence-electron chi connectivity index (χ1n) is 6.44. The Morgan fingerprint density at radius 3 is 2.50 bits per heavy atom. The van der Waals surface area contributed by atoms with Crippen LogP contribution in [0.25, 0.3) is 11.4 Å². The molecule has 2 rings (SSSR count). The SMILES string of the molecule is CCCc1ccc(-c2nc(CCN)nn2C)cc1. The predicted molar refractivity (Wildman–Crippen MR) is 73.2 cm³/mol. The van der Waals surface area contributed by atoms with Gasteiger partial charge in [0.2, 0.25) is 0 Å². The van der Waals surface area contributed by atoms with Crippen LogP contribution in [0.5, 0.6) is 0 Å². The molecule has 18 heavy (non-hydrogen) atoms. The van der Waals surface area contributed by atoms with Gasteiger partial charge >= 0.3 is 0 Å². The average Bonchev–Trinajstić information content (AvgIpc) is 2.72. The molecule has 2 N–H and O–H groups in total. The summed E-state index contributed by atoms with van der Waals surface area (Å²) in [6, 6.07) is 8.55. The lowest BCUT2D eigenvalue weighted by molar-refractivity contribution is 0.744. The molecule has 0 unspecified atom stereocenters. The van der Waals surface area contributed by atoms with Gasteiger partial charge in [-0.05, 0) is 18.5 Å². The molecule has 1 aromatic heterocycles. The van der Waals surface area contributed by atoms with E-state index in [0.29, 0.717) is 6.54 Å². The minimum Gasteiger partial charge on any atom is -0.330 e. The van der Waals surface area contributed by atoms with Crippen molar-refractivity contribution in [1.82, 2.24) is 14.8 Å². The summed E-state index contributed by atoms with van der Waals surface area (Å²) in [6.07, 6.45) is 3.02. The molecule has 0 aliphatic heterocycles. The van der Waals surface area contributed by atoms with Crippen LogP contribution in [0.15, 0.2) is 24.3 Å². The van der Waals surface area contributed by atoms with Crippen LogP contribution in [0.3, 0.4) is 0 Å². The molecule has 0 saturated heterocycles. The summed E-state index contributed by atoms with van der Waals surface area (Å²) in [5, 5.41) is 4.36. The van der Waals surface area contributed by atoms with Gasteiger partial charge in [0.1, 0.15) is 0 Å². The van der Waals surface area contributed by atoms with Gasteiger partial charge in [0.15, 0.2) is 11.6 Å². The number of rotatable bonds is 5. The Kier molecular flexibility index (Phi) is 4.10. The number of benzene rings is 1. The highest BCUT2D eigenvalue weighted by atomic mass is 15.3. The molecule has 1 aromatic carbocycles. The standard InChI is InChI=1S/C14H20N4/c1-3-4-11-5-7-12(8-6-11)14-16-13(9-10-15)17-18(14)2/h5-8H,3-4,9-10,15H2,1-2H3. The number of hydrogen-bond donors (Lipinski definition) is 1. The van der Waals surface area contributed by atoms with Crippen molar-refractivity contribution in [3.8, 4) is 11.4 Å². The maximum Gasteiger partial charge on any atom is 0.158 e. The molecule has 96 valence electrons. The normalized spacial score (nSPS) is 10.8. The van der Waals surface area contributed by atoms with Crippen molar-refractivity contribution < 1.29 is 0 Å². The first kappa shape index (κ1) is 12.8. The highest BCUT2D eigenvalue weighted by Crippen LogP contribution is 2.18. The first-order chi connectivity index (χ1) is 8.74. The molecule has 0 aliphatic carbocycles. The summed E-state index contributed by atoms with van der Waals surface area (Å²) in [7, 11) is 1.92. The number of nitrogens with zero attached hydrogens (tertiary/aromatic N) is 3. The molecule has 4 nitrogen and oxygen atoms in total. The molecule has 4 heteroatoms. The van der Waals surface area contributed by atoms with Crippen LogP contribution < -0.4 is 5.73 Å². The molecular weight excluding hydrogens is 224 g/mol. The molecule has 0 aliphatic rings.